The maximum atomic E-state index is 11.8. The first kappa shape index (κ1) is 13.1. The largest absolute Gasteiger partial charge is 0.369 e. The summed E-state index contributed by atoms with van der Waals surface area (Å²) in [5, 5.41) is -0.454. The van der Waals surface area contributed by atoms with E-state index in [9.17, 15) is 4.79 Å². The Balaban J connectivity index is 1.98. The Labute approximate surface area is 113 Å². The minimum absolute atomic E-state index is 0.00162. The summed E-state index contributed by atoms with van der Waals surface area (Å²) in [7, 11) is 1.84. The molecule has 5 heteroatoms. The summed E-state index contributed by atoms with van der Waals surface area (Å²) >= 11 is 5.84. The van der Waals surface area contributed by atoms with Gasteiger partial charge in [-0.2, -0.15) is 0 Å². The fraction of sp³-hybridized carbons (Fsp3) is 0.538. The second kappa shape index (κ2) is 5.57. The molecule has 2 unspecified atom stereocenters. The van der Waals surface area contributed by atoms with Crippen molar-refractivity contribution in [3.63, 3.8) is 0 Å². The number of likely N-dealkylation sites (N-methyl/N-ethyl adjacent to an activating group) is 1. The van der Waals surface area contributed by atoms with Crippen LogP contribution in [0, 0.1) is 0 Å². The predicted molar refractivity (Wildman–Crippen MR) is 72.9 cm³/mol. The number of aromatic nitrogens is 1. The second-order valence-corrected chi connectivity index (χ2v) is 5.31. The number of carbonyl (C=O) groups excluding carboxylic acids is 1. The van der Waals surface area contributed by atoms with Gasteiger partial charge in [-0.1, -0.05) is 0 Å². The van der Waals surface area contributed by atoms with Crippen LogP contribution in [0.3, 0.4) is 0 Å². The quantitative estimate of drug-likeness (QED) is 0.783. The van der Waals surface area contributed by atoms with Crippen molar-refractivity contribution in [1.82, 2.24) is 9.88 Å². The highest BCUT2D eigenvalue weighted by Crippen LogP contribution is 2.22. The fourth-order valence-corrected chi connectivity index (χ4v) is 2.46. The summed E-state index contributed by atoms with van der Waals surface area (Å²) in [5.41, 5.74) is 1.16. The highest BCUT2D eigenvalue weighted by Gasteiger charge is 2.29. The number of nitrogens with zero attached hydrogens (tertiary/aromatic N) is 3. The van der Waals surface area contributed by atoms with Gasteiger partial charge in [0.15, 0.2) is 0 Å². The van der Waals surface area contributed by atoms with Gasteiger partial charge in [0.1, 0.15) is 5.38 Å². The Morgan fingerprint density at radius 3 is 2.83 bits per heavy atom. The van der Waals surface area contributed by atoms with Crippen molar-refractivity contribution in [3.8, 4) is 0 Å². The third-order valence-corrected chi connectivity index (χ3v) is 3.61. The summed E-state index contributed by atoms with van der Waals surface area (Å²) in [5.74, 6) is -0.00162. The minimum atomic E-state index is -0.454. The first-order chi connectivity index (χ1) is 8.59. The first-order valence-electron chi connectivity index (χ1n) is 6.15. The number of hydrogen-bond acceptors (Lipinski definition) is 3. The number of halogens is 1. The summed E-state index contributed by atoms with van der Waals surface area (Å²) in [6, 6.07) is 4.23. The molecule has 1 aliphatic heterocycles. The smallest absolute Gasteiger partial charge is 0.240 e. The molecule has 0 radical (unpaired) electrons. The first-order valence-corrected chi connectivity index (χ1v) is 6.59. The highest BCUT2D eigenvalue weighted by atomic mass is 35.5. The fourth-order valence-electron chi connectivity index (χ4n) is 2.31. The zero-order chi connectivity index (χ0) is 13.1. The van der Waals surface area contributed by atoms with E-state index in [4.69, 9.17) is 11.6 Å². The third-order valence-electron chi connectivity index (χ3n) is 3.43. The van der Waals surface area contributed by atoms with Crippen LogP contribution in [-0.2, 0) is 4.79 Å². The maximum absolute atomic E-state index is 11.8. The van der Waals surface area contributed by atoms with Crippen molar-refractivity contribution in [2.75, 3.05) is 25.0 Å². The van der Waals surface area contributed by atoms with Crippen molar-refractivity contribution in [2.45, 2.75) is 24.8 Å². The standard InChI is InChI=1S/C13H18ClN3O/c1-10(14)13(18)16(2)12-5-8-17(9-12)11-3-6-15-7-4-11/h3-4,6-7,10,12H,5,8-9H2,1-2H3. The lowest BCUT2D eigenvalue weighted by molar-refractivity contribution is -0.130. The molecular weight excluding hydrogens is 250 g/mol. The van der Waals surface area contributed by atoms with E-state index in [-0.39, 0.29) is 11.9 Å². The van der Waals surface area contributed by atoms with Crippen LogP contribution in [0.4, 0.5) is 5.69 Å². The Morgan fingerprint density at radius 2 is 2.22 bits per heavy atom. The van der Waals surface area contributed by atoms with E-state index in [1.54, 1.807) is 24.2 Å². The van der Waals surface area contributed by atoms with Gasteiger partial charge >= 0.3 is 0 Å². The number of amides is 1. The number of carbonyl (C=O) groups is 1. The molecule has 4 nitrogen and oxygen atoms in total. The molecule has 0 spiro atoms. The minimum Gasteiger partial charge on any atom is -0.369 e. The van der Waals surface area contributed by atoms with E-state index in [1.807, 2.05) is 19.2 Å². The number of pyridine rings is 1. The molecule has 0 aliphatic carbocycles. The number of rotatable bonds is 3. The van der Waals surface area contributed by atoms with E-state index in [1.165, 1.54) is 0 Å². The van der Waals surface area contributed by atoms with Gasteiger partial charge < -0.3 is 9.80 Å². The van der Waals surface area contributed by atoms with Gasteiger partial charge in [-0.15, -0.1) is 11.6 Å². The van der Waals surface area contributed by atoms with E-state index in [0.29, 0.717) is 0 Å². The topological polar surface area (TPSA) is 36.4 Å². The number of alkyl halides is 1. The molecule has 1 fully saturated rings. The molecule has 1 aromatic rings. The zero-order valence-electron chi connectivity index (χ0n) is 10.7. The van der Waals surface area contributed by atoms with Crippen LogP contribution in [0.15, 0.2) is 24.5 Å². The van der Waals surface area contributed by atoms with Crippen LogP contribution in [0.1, 0.15) is 13.3 Å². The zero-order valence-corrected chi connectivity index (χ0v) is 11.5. The summed E-state index contributed by atoms with van der Waals surface area (Å²) in [6.45, 7) is 3.54. The summed E-state index contributed by atoms with van der Waals surface area (Å²) in [6.07, 6.45) is 4.56. The average molecular weight is 268 g/mol. The maximum Gasteiger partial charge on any atom is 0.240 e. The van der Waals surface area contributed by atoms with Gasteiger partial charge in [-0.25, -0.2) is 0 Å². The molecule has 0 saturated carbocycles. The van der Waals surface area contributed by atoms with Crippen LogP contribution in [0.2, 0.25) is 0 Å². The normalized spacial score (nSPS) is 20.8. The predicted octanol–water partition coefficient (Wildman–Crippen LogP) is 1.75. The van der Waals surface area contributed by atoms with Crippen molar-refractivity contribution in [3.05, 3.63) is 24.5 Å². The lowest BCUT2D eigenvalue weighted by Crippen LogP contribution is -2.42. The lowest BCUT2D eigenvalue weighted by atomic mass is 10.2. The molecule has 0 aromatic carbocycles. The summed E-state index contributed by atoms with van der Waals surface area (Å²) < 4.78 is 0. The Bertz CT molecular complexity index is 410. The molecule has 1 aliphatic rings. The van der Waals surface area contributed by atoms with Crippen LogP contribution < -0.4 is 4.90 Å². The molecule has 0 N–H and O–H groups in total. The van der Waals surface area contributed by atoms with Gasteiger partial charge in [0.25, 0.3) is 0 Å². The molecule has 0 bridgehead atoms. The van der Waals surface area contributed by atoms with Crippen molar-refractivity contribution in [1.29, 1.82) is 0 Å². The van der Waals surface area contributed by atoms with E-state index in [2.05, 4.69) is 9.88 Å². The molecule has 98 valence electrons. The van der Waals surface area contributed by atoms with Crippen LogP contribution in [0.25, 0.3) is 0 Å². The van der Waals surface area contributed by atoms with Crippen molar-refractivity contribution in [2.24, 2.45) is 0 Å². The molecule has 1 aromatic heterocycles. The van der Waals surface area contributed by atoms with Gasteiger partial charge in [0.2, 0.25) is 5.91 Å². The van der Waals surface area contributed by atoms with Gasteiger partial charge in [-0.3, -0.25) is 9.78 Å². The molecule has 2 atom stereocenters. The van der Waals surface area contributed by atoms with E-state index in [0.717, 1.165) is 25.2 Å². The SMILES string of the molecule is CC(Cl)C(=O)N(C)C1CCN(c2ccncc2)C1. The lowest BCUT2D eigenvalue weighted by Gasteiger charge is -2.26. The number of hydrogen-bond donors (Lipinski definition) is 0. The van der Waals surface area contributed by atoms with E-state index < -0.39 is 5.38 Å². The van der Waals surface area contributed by atoms with Crippen molar-refractivity contribution >= 4 is 23.2 Å². The second-order valence-electron chi connectivity index (χ2n) is 4.66. The molecule has 2 rings (SSSR count). The average Bonchev–Trinajstić information content (AvgIpc) is 2.87. The van der Waals surface area contributed by atoms with Crippen molar-refractivity contribution < 1.29 is 4.79 Å². The van der Waals surface area contributed by atoms with E-state index >= 15 is 0 Å². The van der Waals surface area contributed by atoms with Crippen LogP contribution >= 0.6 is 11.6 Å². The molecule has 1 saturated heterocycles. The third kappa shape index (κ3) is 2.75. The summed E-state index contributed by atoms with van der Waals surface area (Å²) in [4.78, 5) is 19.9. The Hall–Kier alpha value is -1.29. The molecule has 18 heavy (non-hydrogen) atoms. The molecule has 2 heterocycles. The number of anilines is 1. The van der Waals surface area contributed by atoms with Gasteiger partial charge in [0, 0.05) is 38.2 Å². The molecule has 1 amide bonds. The van der Waals surface area contributed by atoms with Crippen LogP contribution in [-0.4, -0.2) is 47.3 Å². The Morgan fingerprint density at radius 1 is 1.56 bits per heavy atom. The molecular formula is C13H18ClN3O. The van der Waals surface area contributed by atoms with Gasteiger partial charge in [-0.05, 0) is 25.5 Å². The van der Waals surface area contributed by atoms with Gasteiger partial charge in [0.05, 0.1) is 6.04 Å². The highest BCUT2D eigenvalue weighted by molar-refractivity contribution is 6.30. The monoisotopic (exact) mass is 267 g/mol. The van der Waals surface area contributed by atoms with Crippen LogP contribution in [0.5, 0.6) is 0 Å². The Kier molecular flexibility index (Phi) is 4.07.